The molecule has 0 saturated heterocycles. The van der Waals surface area contributed by atoms with Gasteiger partial charge in [0.15, 0.2) is 5.78 Å². The van der Waals surface area contributed by atoms with Crippen LogP contribution in [0.15, 0.2) is 18.2 Å². The highest BCUT2D eigenvalue weighted by atomic mass is 19.1. The topological polar surface area (TPSA) is 26.3 Å². The molecule has 0 radical (unpaired) electrons. The van der Waals surface area contributed by atoms with Crippen LogP contribution < -0.4 is 4.74 Å². The summed E-state index contributed by atoms with van der Waals surface area (Å²) in [6, 6.07) is 4.10. The highest BCUT2D eigenvalue weighted by Crippen LogP contribution is 2.31. The molecule has 0 atom stereocenters. The third-order valence-corrected chi connectivity index (χ3v) is 3.15. The molecule has 16 heavy (non-hydrogen) atoms. The number of rotatable bonds is 3. The molecule has 1 aromatic rings. The van der Waals surface area contributed by atoms with E-state index in [1.54, 1.807) is 0 Å². The van der Waals surface area contributed by atoms with Crippen LogP contribution in [0.2, 0.25) is 0 Å². The molecule has 3 heteroatoms. The third-order valence-electron chi connectivity index (χ3n) is 3.15. The van der Waals surface area contributed by atoms with Gasteiger partial charge in [-0.05, 0) is 25.0 Å². The van der Waals surface area contributed by atoms with Gasteiger partial charge in [-0.15, -0.1) is 0 Å². The monoisotopic (exact) mass is 222 g/mol. The first kappa shape index (κ1) is 11.1. The lowest BCUT2D eigenvalue weighted by Crippen LogP contribution is -2.12. The molecular formula is C13H15FO2. The Kier molecular flexibility index (Phi) is 3.22. The summed E-state index contributed by atoms with van der Waals surface area (Å²) in [5.74, 6) is 0.158. The van der Waals surface area contributed by atoms with Crippen molar-refractivity contribution < 1.29 is 13.9 Å². The summed E-state index contributed by atoms with van der Waals surface area (Å²) in [4.78, 5) is 12.1. The number of Topliss-reactive ketones (excluding diaryl/α,β-unsaturated/α-hetero) is 1. The molecule has 0 amide bonds. The van der Waals surface area contributed by atoms with Crippen LogP contribution in [-0.4, -0.2) is 12.9 Å². The second-order valence-electron chi connectivity index (χ2n) is 4.19. The van der Waals surface area contributed by atoms with Gasteiger partial charge in [0.25, 0.3) is 0 Å². The average Bonchev–Trinajstić information content (AvgIpc) is 2.81. The van der Waals surface area contributed by atoms with Crippen molar-refractivity contribution in [3.05, 3.63) is 29.6 Å². The zero-order valence-corrected chi connectivity index (χ0v) is 9.33. The summed E-state index contributed by atoms with van der Waals surface area (Å²) in [7, 11) is 1.46. The van der Waals surface area contributed by atoms with Crippen LogP contribution in [0.25, 0.3) is 0 Å². The molecule has 1 fully saturated rings. The number of hydrogen-bond acceptors (Lipinski definition) is 2. The van der Waals surface area contributed by atoms with Crippen molar-refractivity contribution in [1.82, 2.24) is 0 Å². The van der Waals surface area contributed by atoms with Crippen molar-refractivity contribution in [3.63, 3.8) is 0 Å². The van der Waals surface area contributed by atoms with Crippen molar-refractivity contribution in [2.75, 3.05) is 7.11 Å². The molecular weight excluding hydrogens is 207 g/mol. The molecule has 2 nitrogen and oxygen atoms in total. The first-order valence-electron chi connectivity index (χ1n) is 5.60. The molecule has 0 bridgehead atoms. The summed E-state index contributed by atoms with van der Waals surface area (Å²) in [6.45, 7) is 0. The van der Waals surface area contributed by atoms with Gasteiger partial charge in [-0.1, -0.05) is 12.8 Å². The predicted molar refractivity (Wildman–Crippen MR) is 59.2 cm³/mol. The van der Waals surface area contributed by atoms with Crippen LogP contribution in [0.4, 0.5) is 4.39 Å². The van der Waals surface area contributed by atoms with Crippen LogP contribution in [0.3, 0.4) is 0 Å². The van der Waals surface area contributed by atoms with E-state index in [4.69, 9.17) is 4.74 Å². The van der Waals surface area contributed by atoms with Crippen LogP contribution in [0.1, 0.15) is 36.0 Å². The van der Waals surface area contributed by atoms with Gasteiger partial charge in [-0.2, -0.15) is 0 Å². The fraction of sp³-hybridized carbons (Fsp3) is 0.462. The number of ether oxygens (including phenoxy) is 1. The van der Waals surface area contributed by atoms with Crippen molar-refractivity contribution in [2.45, 2.75) is 25.7 Å². The summed E-state index contributed by atoms with van der Waals surface area (Å²) in [5, 5.41) is 0. The SMILES string of the molecule is COc1cc(F)ccc1C(=O)C1CCCC1. The van der Waals surface area contributed by atoms with Crippen LogP contribution in [0, 0.1) is 11.7 Å². The molecule has 1 saturated carbocycles. The number of halogens is 1. The number of carbonyl (C=O) groups is 1. The number of hydrogen-bond donors (Lipinski definition) is 0. The maximum atomic E-state index is 13.0. The third kappa shape index (κ3) is 2.08. The summed E-state index contributed by atoms with van der Waals surface area (Å²) in [5.41, 5.74) is 0.510. The summed E-state index contributed by atoms with van der Waals surface area (Å²) >= 11 is 0. The van der Waals surface area contributed by atoms with E-state index in [1.165, 1.54) is 25.3 Å². The Morgan fingerprint density at radius 2 is 2.06 bits per heavy atom. The van der Waals surface area contributed by atoms with Crippen LogP contribution >= 0.6 is 0 Å². The number of ketones is 1. The highest BCUT2D eigenvalue weighted by Gasteiger charge is 2.25. The molecule has 1 aliphatic rings. The Bertz CT molecular complexity index is 395. The zero-order valence-electron chi connectivity index (χ0n) is 9.33. The van der Waals surface area contributed by atoms with Crippen molar-refractivity contribution >= 4 is 5.78 Å². The maximum absolute atomic E-state index is 13.0. The van der Waals surface area contributed by atoms with Gasteiger partial charge in [0.1, 0.15) is 11.6 Å². The molecule has 0 unspecified atom stereocenters. The van der Waals surface area contributed by atoms with E-state index in [1.807, 2.05) is 0 Å². The van der Waals surface area contributed by atoms with E-state index in [2.05, 4.69) is 0 Å². The van der Waals surface area contributed by atoms with Gasteiger partial charge in [0.05, 0.1) is 12.7 Å². The van der Waals surface area contributed by atoms with Gasteiger partial charge in [-0.25, -0.2) is 4.39 Å². The van der Waals surface area contributed by atoms with Gasteiger partial charge >= 0.3 is 0 Å². The van der Waals surface area contributed by atoms with Crippen LogP contribution in [0.5, 0.6) is 5.75 Å². The maximum Gasteiger partial charge on any atom is 0.169 e. The van der Waals surface area contributed by atoms with Crippen molar-refractivity contribution in [1.29, 1.82) is 0 Å². The van der Waals surface area contributed by atoms with E-state index < -0.39 is 0 Å². The van der Waals surface area contributed by atoms with Gasteiger partial charge in [-0.3, -0.25) is 4.79 Å². The molecule has 1 aliphatic carbocycles. The lowest BCUT2D eigenvalue weighted by molar-refractivity contribution is 0.0919. The predicted octanol–water partition coefficient (Wildman–Crippen LogP) is 3.21. The molecule has 0 N–H and O–H groups in total. The number of methoxy groups -OCH3 is 1. The second-order valence-corrected chi connectivity index (χ2v) is 4.19. The van der Waals surface area contributed by atoms with E-state index in [-0.39, 0.29) is 17.5 Å². The molecule has 2 rings (SSSR count). The standard InChI is InChI=1S/C13H15FO2/c1-16-12-8-10(14)6-7-11(12)13(15)9-4-2-3-5-9/h6-9H,2-5H2,1H3. The van der Waals surface area contributed by atoms with Gasteiger partial charge in [0.2, 0.25) is 0 Å². The molecule has 0 heterocycles. The summed E-state index contributed by atoms with van der Waals surface area (Å²) < 4.78 is 18.0. The average molecular weight is 222 g/mol. The normalized spacial score (nSPS) is 16.4. The Balaban J connectivity index is 2.28. The lowest BCUT2D eigenvalue weighted by Gasteiger charge is -2.11. The van der Waals surface area contributed by atoms with E-state index in [0.717, 1.165) is 25.7 Å². The first-order chi connectivity index (χ1) is 7.72. The fourth-order valence-corrected chi connectivity index (χ4v) is 2.28. The second kappa shape index (κ2) is 4.64. The smallest absolute Gasteiger partial charge is 0.169 e. The summed E-state index contributed by atoms with van der Waals surface area (Å²) in [6.07, 6.45) is 4.11. The Hall–Kier alpha value is -1.38. The Morgan fingerprint density at radius 3 is 2.69 bits per heavy atom. The number of benzene rings is 1. The Morgan fingerprint density at radius 1 is 1.38 bits per heavy atom. The molecule has 1 aromatic carbocycles. The molecule has 0 aliphatic heterocycles. The van der Waals surface area contributed by atoms with Crippen LogP contribution in [-0.2, 0) is 0 Å². The molecule has 86 valence electrons. The van der Waals surface area contributed by atoms with Gasteiger partial charge < -0.3 is 4.74 Å². The number of carbonyl (C=O) groups excluding carboxylic acids is 1. The molecule has 0 aromatic heterocycles. The minimum atomic E-state index is -0.375. The van der Waals surface area contributed by atoms with Crippen molar-refractivity contribution in [2.24, 2.45) is 5.92 Å². The molecule has 0 spiro atoms. The quantitative estimate of drug-likeness (QED) is 0.734. The fourth-order valence-electron chi connectivity index (χ4n) is 2.28. The lowest BCUT2D eigenvalue weighted by atomic mass is 9.95. The highest BCUT2D eigenvalue weighted by molar-refractivity contribution is 6.00. The Labute approximate surface area is 94.4 Å². The largest absolute Gasteiger partial charge is 0.496 e. The van der Waals surface area contributed by atoms with E-state index >= 15 is 0 Å². The van der Waals surface area contributed by atoms with Crippen molar-refractivity contribution in [3.8, 4) is 5.75 Å². The van der Waals surface area contributed by atoms with E-state index in [0.29, 0.717) is 11.3 Å². The van der Waals surface area contributed by atoms with Gasteiger partial charge in [0, 0.05) is 12.0 Å². The first-order valence-corrected chi connectivity index (χ1v) is 5.60. The minimum absolute atomic E-state index is 0.0920. The van der Waals surface area contributed by atoms with E-state index in [9.17, 15) is 9.18 Å². The minimum Gasteiger partial charge on any atom is -0.496 e. The zero-order chi connectivity index (χ0) is 11.5.